The number of rotatable bonds is 6. The lowest BCUT2D eigenvalue weighted by Crippen LogP contribution is -2.40. The SMILES string of the molecule is CN=C(NCCc1c(C)noc1C)N(C)CCc1cccs1.I. The molecule has 0 aliphatic rings. The lowest BCUT2D eigenvalue weighted by molar-refractivity contribution is 0.392. The maximum absolute atomic E-state index is 5.19. The molecule has 0 amide bonds. The van der Waals surface area contributed by atoms with Crippen molar-refractivity contribution in [2.24, 2.45) is 4.99 Å². The number of hydrogen-bond acceptors (Lipinski definition) is 4. The molecule has 0 aliphatic heterocycles. The number of aliphatic imine (C=N–C) groups is 1. The van der Waals surface area contributed by atoms with Crippen LogP contribution in [0.5, 0.6) is 0 Å². The number of hydrogen-bond donors (Lipinski definition) is 1. The maximum atomic E-state index is 5.19. The lowest BCUT2D eigenvalue weighted by Gasteiger charge is -2.21. The van der Waals surface area contributed by atoms with Crippen molar-refractivity contribution in [3.05, 3.63) is 39.4 Å². The van der Waals surface area contributed by atoms with E-state index in [1.54, 1.807) is 11.3 Å². The van der Waals surface area contributed by atoms with Gasteiger partial charge in [0.05, 0.1) is 5.69 Å². The second-order valence-electron chi connectivity index (χ2n) is 5.28. The summed E-state index contributed by atoms with van der Waals surface area (Å²) < 4.78 is 5.19. The fourth-order valence-corrected chi connectivity index (χ4v) is 3.08. The van der Waals surface area contributed by atoms with E-state index in [2.05, 4.69) is 44.9 Å². The van der Waals surface area contributed by atoms with Gasteiger partial charge in [-0.15, -0.1) is 35.3 Å². The van der Waals surface area contributed by atoms with Gasteiger partial charge in [-0.1, -0.05) is 11.2 Å². The van der Waals surface area contributed by atoms with Crippen molar-refractivity contribution in [3.8, 4) is 0 Å². The van der Waals surface area contributed by atoms with E-state index >= 15 is 0 Å². The Balaban J connectivity index is 0.00000264. The Morgan fingerprint density at radius 2 is 2.17 bits per heavy atom. The highest BCUT2D eigenvalue weighted by molar-refractivity contribution is 14.0. The third-order valence-corrected chi connectivity index (χ3v) is 4.62. The molecule has 2 aromatic rings. The second kappa shape index (κ2) is 9.92. The minimum atomic E-state index is 0. The van der Waals surface area contributed by atoms with Crippen LogP contribution in [0.1, 0.15) is 21.9 Å². The summed E-state index contributed by atoms with van der Waals surface area (Å²) in [5.41, 5.74) is 2.16. The zero-order valence-corrected chi connectivity index (χ0v) is 17.3. The second-order valence-corrected chi connectivity index (χ2v) is 6.31. The van der Waals surface area contributed by atoms with Gasteiger partial charge < -0.3 is 14.7 Å². The fourth-order valence-electron chi connectivity index (χ4n) is 2.38. The van der Waals surface area contributed by atoms with Crippen LogP contribution >= 0.6 is 35.3 Å². The number of nitrogens with one attached hydrogen (secondary N) is 1. The zero-order chi connectivity index (χ0) is 15.9. The number of aryl methyl sites for hydroxylation is 2. The van der Waals surface area contributed by atoms with Crippen molar-refractivity contribution in [1.82, 2.24) is 15.4 Å². The molecule has 7 heteroatoms. The van der Waals surface area contributed by atoms with E-state index in [1.807, 2.05) is 20.9 Å². The number of aromatic nitrogens is 1. The Morgan fingerprint density at radius 1 is 1.39 bits per heavy atom. The zero-order valence-electron chi connectivity index (χ0n) is 14.1. The molecule has 0 fully saturated rings. The molecular formula is C16H25IN4OS. The van der Waals surface area contributed by atoms with Gasteiger partial charge in [-0.2, -0.15) is 0 Å². The van der Waals surface area contributed by atoms with Crippen molar-refractivity contribution < 1.29 is 4.52 Å². The molecule has 1 N–H and O–H groups in total. The van der Waals surface area contributed by atoms with Crippen LogP contribution in [0.2, 0.25) is 0 Å². The number of guanidine groups is 1. The molecule has 0 aliphatic carbocycles. The molecular weight excluding hydrogens is 423 g/mol. The van der Waals surface area contributed by atoms with Crippen LogP contribution in [0.15, 0.2) is 27.0 Å². The van der Waals surface area contributed by atoms with Crippen LogP contribution in [0.3, 0.4) is 0 Å². The minimum Gasteiger partial charge on any atom is -0.361 e. The lowest BCUT2D eigenvalue weighted by atomic mass is 10.1. The Kier molecular flexibility index (Phi) is 8.60. The molecule has 2 rings (SSSR count). The summed E-state index contributed by atoms with van der Waals surface area (Å²) in [4.78, 5) is 7.91. The topological polar surface area (TPSA) is 53.7 Å². The number of likely N-dealkylation sites (N-methyl/N-ethyl adjacent to an activating group) is 1. The van der Waals surface area contributed by atoms with Crippen molar-refractivity contribution in [2.45, 2.75) is 26.7 Å². The first kappa shape index (κ1) is 20.0. The number of thiophene rings is 1. The standard InChI is InChI=1S/C16H24N4OS.HI/c1-12-15(13(2)21-19-12)7-9-18-16(17-3)20(4)10-8-14-6-5-11-22-14;/h5-6,11H,7-10H2,1-4H3,(H,17,18);1H. The third-order valence-electron chi connectivity index (χ3n) is 3.69. The van der Waals surface area contributed by atoms with Gasteiger partial charge in [0, 0.05) is 37.6 Å². The number of nitrogens with zero attached hydrogens (tertiary/aromatic N) is 3. The van der Waals surface area contributed by atoms with E-state index in [0.717, 1.165) is 43.3 Å². The predicted octanol–water partition coefficient (Wildman–Crippen LogP) is 3.26. The molecule has 0 atom stereocenters. The molecule has 2 heterocycles. The highest BCUT2D eigenvalue weighted by Crippen LogP contribution is 2.12. The Hall–Kier alpha value is -1.09. The monoisotopic (exact) mass is 448 g/mol. The highest BCUT2D eigenvalue weighted by Gasteiger charge is 2.10. The van der Waals surface area contributed by atoms with Gasteiger partial charge in [-0.05, 0) is 38.1 Å². The summed E-state index contributed by atoms with van der Waals surface area (Å²) in [6.45, 7) is 5.70. The minimum absolute atomic E-state index is 0. The Morgan fingerprint density at radius 3 is 2.74 bits per heavy atom. The molecule has 0 radical (unpaired) electrons. The maximum Gasteiger partial charge on any atom is 0.193 e. The predicted molar refractivity (Wildman–Crippen MR) is 107 cm³/mol. The van der Waals surface area contributed by atoms with Crippen LogP contribution in [-0.4, -0.2) is 43.2 Å². The van der Waals surface area contributed by atoms with Crippen LogP contribution < -0.4 is 5.32 Å². The first-order valence-electron chi connectivity index (χ1n) is 7.47. The average molecular weight is 448 g/mol. The largest absolute Gasteiger partial charge is 0.361 e. The summed E-state index contributed by atoms with van der Waals surface area (Å²) in [5, 5.41) is 9.50. The van der Waals surface area contributed by atoms with Crippen LogP contribution in [0.25, 0.3) is 0 Å². The van der Waals surface area contributed by atoms with Crippen molar-refractivity contribution in [2.75, 3.05) is 27.2 Å². The first-order chi connectivity index (χ1) is 10.6. The van der Waals surface area contributed by atoms with Crippen molar-refractivity contribution in [3.63, 3.8) is 0 Å². The van der Waals surface area contributed by atoms with Gasteiger partial charge in [-0.25, -0.2) is 0 Å². The van der Waals surface area contributed by atoms with Crippen LogP contribution in [-0.2, 0) is 12.8 Å². The molecule has 128 valence electrons. The number of halogens is 1. The molecule has 2 aromatic heterocycles. The van der Waals surface area contributed by atoms with Crippen molar-refractivity contribution >= 4 is 41.3 Å². The van der Waals surface area contributed by atoms with Gasteiger partial charge in [0.2, 0.25) is 0 Å². The molecule has 0 unspecified atom stereocenters. The molecule has 0 saturated carbocycles. The Labute approximate surface area is 159 Å². The molecule has 0 saturated heterocycles. The highest BCUT2D eigenvalue weighted by atomic mass is 127. The van der Waals surface area contributed by atoms with Gasteiger partial charge in [0.1, 0.15) is 5.76 Å². The van der Waals surface area contributed by atoms with E-state index in [0.29, 0.717) is 0 Å². The van der Waals surface area contributed by atoms with E-state index in [4.69, 9.17) is 4.52 Å². The van der Waals surface area contributed by atoms with E-state index < -0.39 is 0 Å². The van der Waals surface area contributed by atoms with E-state index in [1.165, 1.54) is 10.4 Å². The first-order valence-corrected chi connectivity index (χ1v) is 8.35. The molecule has 5 nitrogen and oxygen atoms in total. The van der Waals surface area contributed by atoms with Crippen LogP contribution in [0, 0.1) is 13.8 Å². The molecule has 0 bridgehead atoms. The van der Waals surface area contributed by atoms with Gasteiger partial charge >= 0.3 is 0 Å². The summed E-state index contributed by atoms with van der Waals surface area (Å²) in [5.74, 6) is 1.82. The van der Waals surface area contributed by atoms with E-state index in [9.17, 15) is 0 Å². The summed E-state index contributed by atoms with van der Waals surface area (Å²) >= 11 is 1.80. The van der Waals surface area contributed by atoms with E-state index in [-0.39, 0.29) is 24.0 Å². The van der Waals surface area contributed by atoms with Gasteiger partial charge in [-0.3, -0.25) is 4.99 Å². The molecule has 0 spiro atoms. The van der Waals surface area contributed by atoms with Gasteiger partial charge in [0.25, 0.3) is 0 Å². The van der Waals surface area contributed by atoms with Gasteiger partial charge in [0.15, 0.2) is 5.96 Å². The summed E-state index contributed by atoms with van der Waals surface area (Å²) in [6.07, 6.45) is 1.93. The molecule has 23 heavy (non-hydrogen) atoms. The summed E-state index contributed by atoms with van der Waals surface area (Å²) in [7, 11) is 3.89. The molecule has 0 aromatic carbocycles. The third kappa shape index (κ3) is 5.80. The Bertz CT molecular complexity index is 590. The quantitative estimate of drug-likeness (QED) is 0.419. The van der Waals surface area contributed by atoms with Crippen molar-refractivity contribution in [1.29, 1.82) is 0 Å². The average Bonchev–Trinajstić information content (AvgIpc) is 3.13. The smallest absolute Gasteiger partial charge is 0.193 e. The normalized spacial score (nSPS) is 11.2. The summed E-state index contributed by atoms with van der Waals surface area (Å²) in [6, 6.07) is 4.27. The van der Waals surface area contributed by atoms with Crippen LogP contribution in [0.4, 0.5) is 0 Å². The fraction of sp³-hybridized carbons (Fsp3) is 0.500.